The second-order valence-electron chi connectivity index (χ2n) is 4.03. The van der Waals surface area contributed by atoms with Crippen molar-refractivity contribution in [2.24, 2.45) is 0 Å². The van der Waals surface area contributed by atoms with Crippen LogP contribution in [-0.4, -0.2) is 33.0 Å². The third kappa shape index (κ3) is 2.10. The predicted octanol–water partition coefficient (Wildman–Crippen LogP) is -0.337. The molecule has 0 aromatic carbocycles. The van der Waals surface area contributed by atoms with Crippen molar-refractivity contribution in [3.63, 3.8) is 0 Å². The highest BCUT2D eigenvalue weighted by molar-refractivity contribution is 5.68. The third-order valence-electron chi connectivity index (χ3n) is 2.65. The topological polar surface area (TPSA) is 95.8 Å². The van der Waals surface area contributed by atoms with Crippen LogP contribution in [-0.2, 0) is 5.72 Å². The van der Waals surface area contributed by atoms with E-state index >= 15 is 0 Å². The van der Waals surface area contributed by atoms with Gasteiger partial charge in [-0.05, 0) is 19.1 Å². The number of nitrogens with two attached hydrogens (primary N) is 1. The summed E-state index contributed by atoms with van der Waals surface area (Å²) in [5, 5.41) is 26.0. The normalized spacial score (nSPS) is 15.0. The SMILES string of the molecule is CC(O)(NCCO)c1cccc2c(N)cnn12. The summed E-state index contributed by atoms with van der Waals surface area (Å²) in [5.74, 6) is 0. The number of aliphatic hydroxyl groups excluding tert-OH is 1. The molecule has 2 heterocycles. The van der Waals surface area contributed by atoms with Crippen molar-refractivity contribution < 1.29 is 10.2 Å². The number of aliphatic hydroxyl groups is 2. The first-order valence-electron chi connectivity index (χ1n) is 5.37. The number of nitrogens with zero attached hydrogens (tertiary/aromatic N) is 2. The first kappa shape index (κ1) is 11.8. The van der Waals surface area contributed by atoms with E-state index < -0.39 is 5.72 Å². The molecule has 6 heteroatoms. The summed E-state index contributed by atoms with van der Waals surface area (Å²) < 4.78 is 1.58. The lowest BCUT2D eigenvalue weighted by atomic mass is 10.1. The van der Waals surface area contributed by atoms with Gasteiger partial charge in [-0.1, -0.05) is 6.07 Å². The summed E-state index contributed by atoms with van der Waals surface area (Å²) >= 11 is 0. The molecule has 0 radical (unpaired) electrons. The Bertz CT molecular complexity index is 521. The maximum atomic E-state index is 10.3. The Kier molecular flexibility index (Phi) is 3.01. The molecule has 1 atom stereocenters. The molecule has 0 saturated heterocycles. The van der Waals surface area contributed by atoms with Crippen molar-refractivity contribution in [2.75, 3.05) is 18.9 Å². The quantitative estimate of drug-likeness (QED) is 0.545. The molecular formula is C11H16N4O2. The molecule has 92 valence electrons. The van der Waals surface area contributed by atoms with E-state index in [2.05, 4.69) is 10.4 Å². The summed E-state index contributed by atoms with van der Waals surface area (Å²) in [6.07, 6.45) is 1.54. The van der Waals surface area contributed by atoms with Crippen molar-refractivity contribution in [3.8, 4) is 0 Å². The van der Waals surface area contributed by atoms with Crippen molar-refractivity contribution >= 4 is 11.2 Å². The maximum absolute atomic E-state index is 10.3. The van der Waals surface area contributed by atoms with Crippen LogP contribution in [0.4, 0.5) is 5.69 Å². The van der Waals surface area contributed by atoms with Crippen LogP contribution in [0.25, 0.3) is 5.52 Å². The fourth-order valence-electron chi connectivity index (χ4n) is 1.79. The minimum absolute atomic E-state index is 0.0482. The highest BCUT2D eigenvalue weighted by Crippen LogP contribution is 2.21. The van der Waals surface area contributed by atoms with Crippen LogP contribution in [0.3, 0.4) is 0 Å². The van der Waals surface area contributed by atoms with Crippen molar-refractivity contribution in [2.45, 2.75) is 12.6 Å². The molecular weight excluding hydrogens is 220 g/mol. The van der Waals surface area contributed by atoms with Gasteiger partial charge in [0.05, 0.1) is 29.7 Å². The molecule has 5 N–H and O–H groups in total. The zero-order chi connectivity index (χ0) is 12.5. The number of nitrogens with one attached hydrogen (secondary N) is 1. The molecule has 0 fully saturated rings. The van der Waals surface area contributed by atoms with E-state index in [0.717, 1.165) is 5.52 Å². The monoisotopic (exact) mass is 236 g/mol. The minimum atomic E-state index is -1.28. The molecule has 0 spiro atoms. The fourth-order valence-corrected chi connectivity index (χ4v) is 1.79. The summed E-state index contributed by atoms with van der Waals surface area (Å²) in [6.45, 7) is 1.85. The van der Waals surface area contributed by atoms with E-state index in [1.165, 1.54) is 0 Å². The van der Waals surface area contributed by atoms with Gasteiger partial charge in [0.15, 0.2) is 5.72 Å². The van der Waals surface area contributed by atoms with Crippen molar-refractivity contribution in [1.82, 2.24) is 14.9 Å². The van der Waals surface area contributed by atoms with Crippen LogP contribution >= 0.6 is 0 Å². The second-order valence-corrected chi connectivity index (χ2v) is 4.03. The number of anilines is 1. The van der Waals surface area contributed by atoms with Gasteiger partial charge in [0.25, 0.3) is 0 Å². The van der Waals surface area contributed by atoms with Gasteiger partial charge in [0, 0.05) is 6.54 Å². The lowest BCUT2D eigenvalue weighted by Gasteiger charge is -2.25. The molecule has 0 aliphatic heterocycles. The van der Waals surface area contributed by atoms with Crippen LogP contribution in [0.1, 0.15) is 12.6 Å². The largest absolute Gasteiger partial charge is 0.396 e. The van der Waals surface area contributed by atoms with Crippen LogP contribution in [0.15, 0.2) is 24.4 Å². The summed E-state index contributed by atoms with van der Waals surface area (Å²) in [4.78, 5) is 0. The molecule has 0 aliphatic carbocycles. The van der Waals surface area contributed by atoms with Gasteiger partial charge in [-0.2, -0.15) is 5.10 Å². The summed E-state index contributed by atoms with van der Waals surface area (Å²) in [7, 11) is 0. The number of hydrogen-bond acceptors (Lipinski definition) is 5. The highest BCUT2D eigenvalue weighted by Gasteiger charge is 2.25. The molecule has 0 aliphatic rings. The number of fused-ring (bicyclic) bond motifs is 1. The fraction of sp³-hybridized carbons (Fsp3) is 0.364. The Hall–Kier alpha value is -1.63. The Morgan fingerprint density at radius 1 is 1.53 bits per heavy atom. The van der Waals surface area contributed by atoms with Crippen LogP contribution in [0.2, 0.25) is 0 Å². The van der Waals surface area contributed by atoms with Crippen LogP contribution < -0.4 is 11.1 Å². The van der Waals surface area contributed by atoms with E-state index in [1.54, 1.807) is 29.8 Å². The molecule has 0 amide bonds. The summed E-state index contributed by atoms with van der Waals surface area (Å²) in [5.41, 5.74) is 6.36. The van der Waals surface area contributed by atoms with E-state index in [9.17, 15) is 5.11 Å². The lowest BCUT2D eigenvalue weighted by Crippen LogP contribution is -2.42. The number of nitrogen functional groups attached to an aromatic ring is 1. The second kappa shape index (κ2) is 4.33. The van der Waals surface area contributed by atoms with E-state index in [4.69, 9.17) is 10.8 Å². The number of aromatic nitrogens is 2. The van der Waals surface area contributed by atoms with Gasteiger partial charge in [0.1, 0.15) is 0 Å². The van der Waals surface area contributed by atoms with Gasteiger partial charge < -0.3 is 15.9 Å². The zero-order valence-electron chi connectivity index (χ0n) is 9.59. The highest BCUT2D eigenvalue weighted by atomic mass is 16.3. The van der Waals surface area contributed by atoms with Gasteiger partial charge in [-0.25, -0.2) is 4.52 Å². The number of hydrogen-bond donors (Lipinski definition) is 4. The van der Waals surface area contributed by atoms with Crippen LogP contribution in [0, 0.1) is 0 Å². The molecule has 2 aromatic rings. The van der Waals surface area contributed by atoms with Crippen LogP contribution in [0.5, 0.6) is 0 Å². The Morgan fingerprint density at radius 2 is 2.29 bits per heavy atom. The summed E-state index contributed by atoms with van der Waals surface area (Å²) in [6, 6.07) is 5.38. The minimum Gasteiger partial charge on any atom is -0.396 e. The average Bonchev–Trinajstić information content (AvgIpc) is 2.69. The van der Waals surface area contributed by atoms with Gasteiger partial charge >= 0.3 is 0 Å². The molecule has 17 heavy (non-hydrogen) atoms. The average molecular weight is 236 g/mol. The first-order chi connectivity index (χ1) is 8.06. The van der Waals surface area contributed by atoms with Crippen molar-refractivity contribution in [1.29, 1.82) is 0 Å². The number of rotatable bonds is 4. The molecule has 1 unspecified atom stereocenters. The predicted molar refractivity (Wildman–Crippen MR) is 64.3 cm³/mol. The van der Waals surface area contributed by atoms with E-state index in [1.807, 2.05) is 6.07 Å². The Labute approximate surface area is 98.7 Å². The number of pyridine rings is 1. The van der Waals surface area contributed by atoms with E-state index in [-0.39, 0.29) is 6.61 Å². The lowest BCUT2D eigenvalue weighted by molar-refractivity contribution is 0.00984. The first-order valence-corrected chi connectivity index (χ1v) is 5.37. The van der Waals surface area contributed by atoms with Gasteiger partial charge in [-0.3, -0.25) is 5.32 Å². The zero-order valence-corrected chi connectivity index (χ0v) is 9.59. The van der Waals surface area contributed by atoms with E-state index in [0.29, 0.717) is 17.9 Å². The standard InChI is InChI=1S/C11H16N4O2/c1-11(17,13-5-6-16)10-4-2-3-9-8(12)7-14-15(9)10/h2-4,7,13,16-17H,5-6,12H2,1H3. The Morgan fingerprint density at radius 3 is 3.00 bits per heavy atom. The third-order valence-corrected chi connectivity index (χ3v) is 2.65. The van der Waals surface area contributed by atoms with Gasteiger partial charge in [-0.15, -0.1) is 0 Å². The molecule has 6 nitrogen and oxygen atoms in total. The molecule has 2 aromatic heterocycles. The molecule has 2 rings (SSSR count). The van der Waals surface area contributed by atoms with Gasteiger partial charge in [0.2, 0.25) is 0 Å². The van der Waals surface area contributed by atoms with Crippen molar-refractivity contribution in [3.05, 3.63) is 30.1 Å². The Balaban J connectivity index is 2.47. The maximum Gasteiger partial charge on any atom is 0.156 e. The molecule has 0 bridgehead atoms. The smallest absolute Gasteiger partial charge is 0.156 e. The molecule has 0 saturated carbocycles.